The number of H-pyrrole nitrogens is 1. The molecule has 0 fully saturated rings. The Hall–Kier alpha value is -2.08. The molecule has 1 aromatic heterocycles. The van der Waals surface area contributed by atoms with Gasteiger partial charge in [-0.3, -0.25) is 0 Å². The topological polar surface area (TPSA) is 76.2 Å². The summed E-state index contributed by atoms with van der Waals surface area (Å²) in [7, 11) is -3.24. The third-order valence-corrected chi connectivity index (χ3v) is 3.41. The minimum Gasteiger partial charge on any atom is -0.422 e. The van der Waals surface area contributed by atoms with Gasteiger partial charge in [-0.2, -0.15) is 0 Å². The molecule has 0 saturated heterocycles. The van der Waals surface area contributed by atoms with Crippen LogP contribution in [0.3, 0.4) is 0 Å². The normalized spacial score (nSPS) is 11.2. The lowest BCUT2D eigenvalue weighted by Gasteiger charge is -2.03. The molecule has 0 bridgehead atoms. The molecule has 1 N–H and O–H groups in total. The number of esters is 1. The highest BCUT2D eigenvalue weighted by molar-refractivity contribution is 7.90. The van der Waals surface area contributed by atoms with Crippen molar-refractivity contribution in [2.75, 3.05) is 6.26 Å². The standard InChI is InChI=1S/C12H11NO4S/c1-18(15,16)10-6-4-9(5-7-10)17-12(14)11-3-2-8-13-11/h2-8,13H,1H3. The van der Waals surface area contributed by atoms with E-state index in [1.165, 1.54) is 24.3 Å². The van der Waals surface area contributed by atoms with Gasteiger partial charge < -0.3 is 9.72 Å². The number of aromatic amines is 1. The number of nitrogens with one attached hydrogen (secondary N) is 1. The zero-order chi connectivity index (χ0) is 13.2. The number of sulfone groups is 1. The number of ether oxygens (including phenoxy) is 1. The van der Waals surface area contributed by atoms with Crippen LogP contribution in [0.25, 0.3) is 0 Å². The molecule has 94 valence electrons. The first-order valence-electron chi connectivity index (χ1n) is 5.12. The molecule has 1 heterocycles. The van der Waals surface area contributed by atoms with Crippen LogP contribution < -0.4 is 4.74 Å². The Morgan fingerprint density at radius 3 is 2.33 bits per heavy atom. The SMILES string of the molecule is CS(=O)(=O)c1ccc(OC(=O)c2ccc[nH]2)cc1. The number of carbonyl (C=O) groups excluding carboxylic acids is 1. The van der Waals surface area contributed by atoms with Gasteiger partial charge in [0.2, 0.25) is 0 Å². The van der Waals surface area contributed by atoms with E-state index in [0.29, 0.717) is 11.4 Å². The summed E-state index contributed by atoms with van der Waals surface area (Å²) < 4.78 is 27.5. The van der Waals surface area contributed by atoms with E-state index in [9.17, 15) is 13.2 Å². The fraction of sp³-hybridized carbons (Fsp3) is 0.0833. The van der Waals surface area contributed by atoms with Crippen molar-refractivity contribution in [3.63, 3.8) is 0 Å². The van der Waals surface area contributed by atoms with E-state index in [-0.39, 0.29) is 4.90 Å². The highest BCUT2D eigenvalue weighted by atomic mass is 32.2. The summed E-state index contributed by atoms with van der Waals surface area (Å²) in [5.41, 5.74) is 0.335. The third kappa shape index (κ3) is 2.78. The maximum absolute atomic E-state index is 11.6. The van der Waals surface area contributed by atoms with Gasteiger partial charge in [-0.05, 0) is 36.4 Å². The van der Waals surface area contributed by atoms with Crippen molar-refractivity contribution >= 4 is 15.8 Å². The summed E-state index contributed by atoms with van der Waals surface area (Å²) >= 11 is 0. The van der Waals surface area contributed by atoms with E-state index in [1.807, 2.05) is 0 Å². The highest BCUT2D eigenvalue weighted by Crippen LogP contribution is 2.16. The van der Waals surface area contributed by atoms with Gasteiger partial charge in [-0.15, -0.1) is 0 Å². The number of hydrogen-bond acceptors (Lipinski definition) is 4. The van der Waals surface area contributed by atoms with Crippen molar-refractivity contribution < 1.29 is 17.9 Å². The summed E-state index contributed by atoms with van der Waals surface area (Å²) in [5.74, 6) is -0.228. The highest BCUT2D eigenvalue weighted by Gasteiger charge is 2.10. The maximum atomic E-state index is 11.6. The second-order valence-electron chi connectivity index (χ2n) is 3.72. The molecule has 0 saturated carbocycles. The van der Waals surface area contributed by atoms with Crippen LogP contribution in [-0.2, 0) is 9.84 Å². The average Bonchev–Trinajstić information content (AvgIpc) is 2.82. The molecule has 2 rings (SSSR count). The number of benzene rings is 1. The second kappa shape index (κ2) is 4.66. The fourth-order valence-corrected chi connectivity index (χ4v) is 2.00. The van der Waals surface area contributed by atoms with E-state index < -0.39 is 15.8 Å². The number of aromatic nitrogens is 1. The Balaban J connectivity index is 2.14. The zero-order valence-electron chi connectivity index (χ0n) is 9.58. The maximum Gasteiger partial charge on any atom is 0.360 e. The summed E-state index contributed by atoms with van der Waals surface area (Å²) in [4.78, 5) is 14.5. The van der Waals surface area contributed by atoms with Crippen molar-refractivity contribution in [2.45, 2.75) is 4.90 Å². The molecule has 0 spiro atoms. The first kappa shape index (κ1) is 12.4. The number of rotatable bonds is 3. The van der Waals surface area contributed by atoms with Gasteiger partial charge in [0.15, 0.2) is 9.84 Å². The van der Waals surface area contributed by atoms with Crippen LogP contribution >= 0.6 is 0 Å². The molecule has 0 aliphatic rings. The quantitative estimate of drug-likeness (QED) is 0.676. The van der Waals surface area contributed by atoms with Crippen LogP contribution in [0, 0.1) is 0 Å². The summed E-state index contributed by atoms with van der Waals surface area (Å²) in [6.07, 6.45) is 2.73. The molecule has 6 heteroatoms. The van der Waals surface area contributed by atoms with Crippen LogP contribution in [0.5, 0.6) is 5.75 Å². The Morgan fingerprint density at radius 2 is 1.83 bits per heavy atom. The second-order valence-corrected chi connectivity index (χ2v) is 5.73. The van der Waals surface area contributed by atoms with Gasteiger partial charge in [0.25, 0.3) is 0 Å². The fourth-order valence-electron chi connectivity index (χ4n) is 1.37. The van der Waals surface area contributed by atoms with Crippen molar-refractivity contribution in [2.24, 2.45) is 0 Å². The Morgan fingerprint density at radius 1 is 1.17 bits per heavy atom. The predicted molar refractivity (Wildman–Crippen MR) is 65.3 cm³/mol. The van der Waals surface area contributed by atoms with Crippen molar-refractivity contribution in [3.05, 3.63) is 48.3 Å². The molecule has 1 aromatic carbocycles. The molecule has 0 atom stereocenters. The van der Waals surface area contributed by atoms with E-state index in [0.717, 1.165) is 6.26 Å². The monoisotopic (exact) mass is 265 g/mol. The molecule has 0 aliphatic carbocycles. The van der Waals surface area contributed by atoms with E-state index >= 15 is 0 Å². The Labute approximate surface area is 104 Å². The number of hydrogen-bond donors (Lipinski definition) is 1. The van der Waals surface area contributed by atoms with Crippen molar-refractivity contribution in [1.29, 1.82) is 0 Å². The van der Waals surface area contributed by atoms with Gasteiger partial charge in [-0.1, -0.05) is 0 Å². The van der Waals surface area contributed by atoms with Gasteiger partial charge in [0.05, 0.1) is 4.90 Å². The first-order valence-corrected chi connectivity index (χ1v) is 7.01. The molecule has 0 amide bonds. The lowest BCUT2D eigenvalue weighted by Crippen LogP contribution is -2.08. The van der Waals surface area contributed by atoms with Gasteiger partial charge in [0, 0.05) is 12.5 Å². The lowest BCUT2D eigenvalue weighted by atomic mass is 10.3. The Bertz CT molecular complexity index is 642. The van der Waals surface area contributed by atoms with Crippen LogP contribution in [-0.4, -0.2) is 25.6 Å². The van der Waals surface area contributed by atoms with E-state index in [4.69, 9.17) is 4.74 Å². The molecular weight excluding hydrogens is 254 g/mol. The molecule has 0 radical (unpaired) electrons. The van der Waals surface area contributed by atoms with Crippen molar-refractivity contribution in [1.82, 2.24) is 4.98 Å². The average molecular weight is 265 g/mol. The Kier molecular flexibility index (Phi) is 3.20. The van der Waals surface area contributed by atoms with Crippen LogP contribution in [0.2, 0.25) is 0 Å². The van der Waals surface area contributed by atoms with Crippen LogP contribution in [0.15, 0.2) is 47.5 Å². The largest absolute Gasteiger partial charge is 0.422 e. The lowest BCUT2D eigenvalue weighted by molar-refractivity contribution is 0.0729. The molecular formula is C12H11NO4S. The van der Waals surface area contributed by atoms with E-state index in [1.54, 1.807) is 18.3 Å². The minimum atomic E-state index is -3.24. The predicted octanol–water partition coefficient (Wildman–Crippen LogP) is 1.64. The van der Waals surface area contributed by atoms with Crippen molar-refractivity contribution in [3.8, 4) is 5.75 Å². The van der Waals surface area contributed by atoms with Gasteiger partial charge in [-0.25, -0.2) is 13.2 Å². The molecule has 0 unspecified atom stereocenters. The van der Waals surface area contributed by atoms with E-state index in [2.05, 4.69) is 4.98 Å². The molecule has 2 aromatic rings. The molecule has 5 nitrogen and oxygen atoms in total. The molecule has 18 heavy (non-hydrogen) atoms. The van der Waals surface area contributed by atoms with Gasteiger partial charge in [0.1, 0.15) is 11.4 Å². The molecule has 0 aliphatic heterocycles. The number of carbonyl (C=O) groups is 1. The summed E-state index contributed by atoms with van der Waals surface area (Å²) in [6, 6.07) is 8.95. The third-order valence-electron chi connectivity index (χ3n) is 2.28. The van der Waals surface area contributed by atoms with Gasteiger partial charge >= 0.3 is 5.97 Å². The zero-order valence-corrected chi connectivity index (χ0v) is 10.4. The van der Waals surface area contributed by atoms with Crippen LogP contribution in [0.1, 0.15) is 10.5 Å². The minimum absolute atomic E-state index is 0.183. The van der Waals surface area contributed by atoms with Crippen LogP contribution in [0.4, 0.5) is 0 Å². The summed E-state index contributed by atoms with van der Waals surface area (Å²) in [6.45, 7) is 0. The smallest absolute Gasteiger partial charge is 0.360 e. The summed E-state index contributed by atoms with van der Waals surface area (Å²) in [5, 5.41) is 0. The first-order chi connectivity index (χ1) is 8.47.